The molecule has 1 amide bonds. The van der Waals surface area contributed by atoms with Gasteiger partial charge in [0.1, 0.15) is 11.4 Å². The number of nitrogens with one attached hydrogen (secondary N) is 3. The number of amides is 1. The van der Waals surface area contributed by atoms with Crippen LogP contribution in [0.3, 0.4) is 0 Å². The highest BCUT2D eigenvalue weighted by molar-refractivity contribution is 7.88. The quantitative estimate of drug-likeness (QED) is 0.577. The van der Waals surface area contributed by atoms with Crippen LogP contribution in [0.1, 0.15) is 24.0 Å². The lowest BCUT2D eigenvalue weighted by atomic mass is 10.00. The number of fused-ring (bicyclic) bond motifs is 1. The Morgan fingerprint density at radius 3 is 2.82 bits per heavy atom. The number of nitrogens with zero attached hydrogens (tertiary/aromatic N) is 3. The second-order valence-electron chi connectivity index (χ2n) is 8.19. The molecule has 0 aliphatic carbocycles. The summed E-state index contributed by atoms with van der Waals surface area (Å²) in [5.74, 6) is -0.696. The number of carbonyl (C=O) groups is 1. The maximum absolute atomic E-state index is 13.5. The predicted octanol–water partition coefficient (Wildman–Crippen LogP) is 2.82. The predicted molar refractivity (Wildman–Crippen MR) is 117 cm³/mol. The second-order valence-corrected chi connectivity index (χ2v) is 10.2. The number of aromatic nitrogens is 2. The molecule has 1 unspecified atom stereocenters. The van der Waals surface area contributed by atoms with Crippen molar-refractivity contribution in [3.8, 4) is 0 Å². The van der Waals surface area contributed by atoms with E-state index < -0.39 is 21.8 Å². The number of benzene rings is 1. The zero-order valence-electron chi connectivity index (χ0n) is 17.7. The van der Waals surface area contributed by atoms with E-state index in [0.29, 0.717) is 37.0 Å². The van der Waals surface area contributed by atoms with Crippen LogP contribution in [0.15, 0.2) is 24.4 Å². The van der Waals surface area contributed by atoms with E-state index in [9.17, 15) is 26.4 Å². The molecule has 1 aromatic carbocycles. The van der Waals surface area contributed by atoms with Gasteiger partial charge in [-0.05, 0) is 42.5 Å². The molecule has 0 bridgehead atoms. The molecule has 2 aromatic rings. The third-order valence-electron chi connectivity index (χ3n) is 5.59. The monoisotopic (exact) mass is 484 g/mol. The first kappa shape index (κ1) is 23.2. The summed E-state index contributed by atoms with van der Waals surface area (Å²) >= 11 is 0. The molecule has 3 heterocycles. The molecule has 4 rings (SSSR count). The molecule has 0 saturated carbocycles. The van der Waals surface area contributed by atoms with Crippen LogP contribution < -0.4 is 16.0 Å². The lowest BCUT2D eigenvalue weighted by Crippen LogP contribution is -2.41. The Labute approximate surface area is 188 Å². The smallest absolute Gasteiger partial charge is 0.369 e. The Hall–Kier alpha value is -2.93. The molecular formula is C20H23F3N6O3S. The molecule has 0 radical (unpaired) electrons. The first-order valence-corrected chi connectivity index (χ1v) is 12.2. The number of sulfonamides is 1. The minimum Gasteiger partial charge on any atom is -0.369 e. The van der Waals surface area contributed by atoms with E-state index in [1.807, 2.05) is 0 Å². The standard InChI is InChI=1S/C20H23F3N6O3S/c1-33(31,32)29-6-2-3-12(11-29)9-24-18-15(20(21,22)23)10-25-19(28-18)26-14-4-5-16-13(7-14)8-17(30)27-16/h4-5,7,10,12H,2-3,6,8-9,11H2,1H3,(H,27,30)(H2,24,25,26,28). The van der Waals surface area contributed by atoms with E-state index in [1.165, 1.54) is 4.31 Å². The highest BCUT2D eigenvalue weighted by Gasteiger charge is 2.36. The van der Waals surface area contributed by atoms with Crippen molar-refractivity contribution in [3.05, 3.63) is 35.5 Å². The number of carbonyl (C=O) groups excluding carboxylic acids is 1. The fraction of sp³-hybridized carbons (Fsp3) is 0.450. The van der Waals surface area contributed by atoms with Crippen molar-refractivity contribution in [2.45, 2.75) is 25.4 Å². The van der Waals surface area contributed by atoms with Crippen molar-refractivity contribution in [2.24, 2.45) is 5.92 Å². The molecule has 0 spiro atoms. The van der Waals surface area contributed by atoms with Crippen molar-refractivity contribution < 1.29 is 26.4 Å². The van der Waals surface area contributed by atoms with Gasteiger partial charge in [0.2, 0.25) is 21.9 Å². The van der Waals surface area contributed by atoms with Gasteiger partial charge in [-0.1, -0.05) is 0 Å². The first-order valence-electron chi connectivity index (χ1n) is 10.3. The Morgan fingerprint density at radius 2 is 2.09 bits per heavy atom. The van der Waals surface area contributed by atoms with E-state index in [1.54, 1.807) is 18.2 Å². The topological polar surface area (TPSA) is 116 Å². The number of hydrogen-bond donors (Lipinski definition) is 3. The summed E-state index contributed by atoms with van der Waals surface area (Å²) in [6.07, 6.45) is -1.28. The Bertz CT molecular complexity index is 1170. The number of alkyl halides is 3. The van der Waals surface area contributed by atoms with E-state index in [4.69, 9.17) is 0 Å². The lowest BCUT2D eigenvalue weighted by molar-refractivity contribution is -0.137. The normalized spacial score (nSPS) is 19.2. The van der Waals surface area contributed by atoms with E-state index in [-0.39, 0.29) is 43.1 Å². The molecule has 13 heteroatoms. The molecule has 1 fully saturated rings. The van der Waals surface area contributed by atoms with Crippen LogP contribution in [0.4, 0.5) is 36.3 Å². The number of rotatable bonds is 6. The average Bonchev–Trinajstić information content (AvgIpc) is 3.10. The Balaban J connectivity index is 1.51. The summed E-state index contributed by atoms with van der Waals surface area (Å²) in [4.78, 5) is 19.3. The van der Waals surface area contributed by atoms with Crippen LogP contribution in [0.2, 0.25) is 0 Å². The summed E-state index contributed by atoms with van der Waals surface area (Å²) in [7, 11) is -3.36. The molecule has 2 aliphatic heterocycles. The van der Waals surface area contributed by atoms with Gasteiger partial charge in [0.25, 0.3) is 0 Å². The summed E-state index contributed by atoms with van der Waals surface area (Å²) in [6.45, 7) is 0.788. The zero-order chi connectivity index (χ0) is 23.8. The average molecular weight is 485 g/mol. The Kier molecular flexibility index (Phi) is 6.18. The zero-order valence-corrected chi connectivity index (χ0v) is 18.6. The van der Waals surface area contributed by atoms with Crippen molar-refractivity contribution >= 4 is 39.1 Å². The van der Waals surface area contributed by atoms with Gasteiger partial charge in [-0.2, -0.15) is 18.2 Å². The van der Waals surface area contributed by atoms with Crippen LogP contribution in [-0.4, -0.2) is 54.5 Å². The minimum atomic E-state index is -4.66. The van der Waals surface area contributed by atoms with Crippen molar-refractivity contribution in [1.82, 2.24) is 14.3 Å². The van der Waals surface area contributed by atoms with Crippen LogP contribution in [-0.2, 0) is 27.4 Å². The molecule has 3 N–H and O–H groups in total. The summed E-state index contributed by atoms with van der Waals surface area (Å²) in [5.41, 5.74) is 0.986. The third kappa shape index (κ3) is 5.53. The van der Waals surface area contributed by atoms with Crippen molar-refractivity contribution in [1.29, 1.82) is 0 Å². The van der Waals surface area contributed by atoms with Crippen LogP contribution in [0.25, 0.3) is 0 Å². The van der Waals surface area contributed by atoms with Gasteiger partial charge in [-0.15, -0.1) is 0 Å². The van der Waals surface area contributed by atoms with E-state index >= 15 is 0 Å². The fourth-order valence-corrected chi connectivity index (χ4v) is 4.90. The van der Waals surface area contributed by atoms with Gasteiger partial charge in [0.05, 0.1) is 12.7 Å². The molecule has 178 valence electrons. The van der Waals surface area contributed by atoms with Crippen LogP contribution in [0.5, 0.6) is 0 Å². The number of anilines is 4. The van der Waals surface area contributed by atoms with E-state index in [0.717, 1.165) is 11.8 Å². The number of hydrogen-bond acceptors (Lipinski definition) is 7. The second kappa shape index (κ2) is 8.78. The molecule has 1 aromatic heterocycles. The largest absolute Gasteiger partial charge is 0.421 e. The molecule has 1 atom stereocenters. The van der Waals surface area contributed by atoms with Gasteiger partial charge >= 0.3 is 6.18 Å². The Morgan fingerprint density at radius 1 is 1.30 bits per heavy atom. The number of piperidine rings is 1. The third-order valence-corrected chi connectivity index (χ3v) is 6.86. The van der Waals surface area contributed by atoms with E-state index in [2.05, 4.69) is 25.9 Å². The first-order chi connectivity index (χ1) is 15.5. The maximum atomic E-state index is 13.5. The summed E-state index contributed by atoms with van der Waals surface area (Å²) < 4.78 is 65.5. The van der Waals surface area contributed by atoms with Gasteiger partial charge in [0.15, 0.2) is 0 Å². The van der Waals surface area contributed by atoms with Gasteiger partial charge in [-0.3, -0.25) is 4.79 Å². The molecular weight excluding hydrogens is 461 g/mol. The number of halogens is 3. The van der Waals surface area contributed by atoms with Crippen LogP contribution >= 0.6 is 0 Å². The van der Waals surface area contributed by atoms with Crippen molar-refractivity contribution in [2.75, 3.05) is 41.8 Å². The fourth-order valence-electron chi connectivity index (χ4n) is 3.96. The molecule has 33 heavy (non-hydrogen) atoms. The minimum absolute atomic E-state index is 0.0378. The molecule has 1 saturated heterocycles. The SMILES string of the molecule is CS(=O)(=O)N1CCCC(CNc2nc(Nc3ccc4c(c3)CC(=O)N4)ncc2C(F)(F)F)C1. The lowest BCUT2D eigenvalue weighted by Gasteiger charge is -2.31. The summed E-state index contributed by atoms with van der Waals surface area (Å²) in [5, 5.41) is 8.33. The molecule has 2 aliphatic rings. The van der Waals surface area contributed by atoms with Crippen molar-refractivity contribution in [3.63, 3.8) is 0 Å². The highest BCUT2D eigenvalue weighted by atomic mass is 32.2. The summed E-state index contributed by atoms with van der Waals surface area (Å²) in [6, 6.07) is 5.08. The van der Waals surface area contributed by atoms with Gasteiger partial charge < -0.3 is 16.0 Å². The maximum Gasteiger partial charge on any atom is 0.421 e. The highest BCUT2D eigenvalue weighted by Crippen LogP contribution is 2.35. The molecule has 9 nitrogen and oxygen atoms in total. The van der Waals surface area contributed by atoms with Crippen LogP contribution in [0, 0.1) is 5.92 Å². The van der Waals surface area contributed by atoms with Gasteiger partial charge in [0, 0.05) is 37.2 Å². The van der Waals surface area contributed by atoms with Gasteiger partial charge in [-0.25, -0.2) is 17.7 Å².